The molecule has 120 valence electrons. The van der Waals surface area contributed by atoms with Crippen LogP contribution in [0.15, 0.2) is 48.5 Å². The molecule has 0 saturated carbocycles. The maximum atomic E-state index is 14.1. The Morgan fingerprint density at radius 2 is 2.04 bits per heavy atom. The van der Waals surface area contributed by atoms with E-state index < -0.39 is 17.5 Å². The van der Waals surface area contributed by atoms with Gasteiger partial charge in [0.15, 0.2) is 0 Å². The molecule has 1 heterocycles. The summed E-state index contributed by atoms with van der Waals surface area (Å²) in [5, 5.41) is 2.89. The van der Waals surface area contributed by atoms with Crippen LogP contribution in [0.4, 0.5) is 10.1 Å². The van der Waals surface area contributed by atoms with E-state index in [1.54, 1.807) is 6.92 Å². The van der Waals surface area contributed by atoms with E-state index in [4.69, 9.17) is 10.5 Å². The SMILES string of the molecule is C[C@@]1(c2cc(N)ccc2F)CO[C@H](Cc2ccccc2)C(=O)N1. The third kappa shape index (κ3) is 3.19. The van der Waals surface area contributed by atoms with Crippen molar-refractivity contribution in [3.8, 4) is 0 Å². The Morgan fingerprint density at radius 3 is 2.74 bits per heavy atom. The number of rotatable bonds is 3. The highest BCUT2D eigenvalue weighted by Gasteiger charge is 2.39. The predicted molar refractivity (Wildman–Crippen MR) is 86.2 cm³/mol. The number of hydrogen-bond donors (Lipinski definition) is 2. The third-order valence-corrected chi connectivity index (χ3v) is 4.11. The van der Waals surface area contributed by atoms with E-state index in [-0.39, 0.29) is 12.5 Å². The first kappa shape index (κ1) is 15.5. The monoisotopic (exact) mass is 314 g/mol. The summed E-state index contributed by atoms with van der Waals surface area (Å²) in [7, 11) is 0. The summed E-state index contributed by atoms with van der Waals surface area (Å²) in [5.41, 5.74) is 6.61. The van der Waals surface area contributed by atoms with Crippen molar-refractivity contribution in [3.05, 3.63) is 65.5 Å². The average molecular weight is 314 g/mol. The number of benzene rings is 2. The van der Waals surface area contributed by atoms with Gasteiger partial charge in [-0.25, -0.2) is 4.39 Å². The molecule has 0 bridgehead atoms. The van der Waals surface area contributed by atoms with Gasteiger partial charge in [-0.15, -0.1) is 0 Å². The highest BCUT2D eigenvalue weighted by Crippen LogP contribution is 2.29. The van der Waals surface area contributed by atoms with E-state index in [0.717, 1.165) is 5.56 Å². The van der Waals surface area contributed by atoms with Gasteiger partial charge >= 0.3 is 0 Å². The van der Waals surface area contributed by atoms with Gasteiger partial charge in [-0.3, -0.25) is 4.79 Å². The molecule has 3 N–H and O–H groups in total. The first-order chi connectivity index (χ1) is 11.0. The summed E-state index contributed by atoms with van der Waals surface area (Å²) in [4.78, 5) is 12.4. The maximum absolute atomic E-state index is 14.1. The Morgan fingerprint density at radius 1 is 1.30 bits per heavy atom. The van der Waals surface area contributed by atoms with Crippen molar-refractivity contribution in [1.82, 2.24) is 5.32 Å². The summed E-state index contributed by atoms with van der Waals surface area (Å²) in [6, 6.07) is 14.0. The zero-order valence-corrected chi connectivity index (χ0v) is 12.9. The van der Waals surface area contributed by atoms with Crippen molar-refractivity contribution >= 4 is 11.6 Å². The summed E-state index contributed by atoms with van der Waals surface area (Å²) < 4.78 is 19.8. The van der Waals surface area contributed by atoms with Crippen molar-refractivity contribution in [3.63, 3.8) is 0 Å². The molecule has 1 saturated heterocycles. The Balaban J connectivity index is 1.77. The number of hydrogen-bond acceptors (Lipinski definition) is 3. The fraction of sp³-hybridized carbons (Fsp3) is 0.278. The first-order valence-electron chi connectivity index (χ1n) is 7.51. The van der Waals surface area contributed by atoms with Gasteiger partial charge in [0.25, 0.3) is 0 Å². The lowest BCUT2D eigenvalue weighted by Crippen LogP contribution is -2.57. The number of nitrogens with one attached hydrogen (secondary N) is 1. The highest BCUT2D eigenvalue weighted by atomic mass is 19.1. The minimum atomic E-state index is -0.927. The summed E-state index contributed by atoms with van der Waals surface area (Å²) in [5.74, 6) is -0.656. The second kappa shape index (κ2) is 6.01. The van der Waals surface area contributed by atoms with Crippen LogP contribution in [-0.4, -0.2) is 18.6 Å². The summed E-state index contributed by atoms with van der Waals surface area (Å²) in [6.45, 7) is 1.93. The van der Waals surface area contributed by atoms with Gasteiger partial charge in [0.2, 0.25) is 5.91 Å². The lowest BCUT2D eigenvalue weighted by atomic mass is 9.89. The van der Waals surface area contributed by atoms with Crippen LogP contribution in [0.3, 0.4) is 0 Å². The molecule has 1 aliphatic rings. The lowest BCUT2D eigenvalue weighted by molar-refractivity contribution is -0.145. The predicted octanol–water partition coefficient (Wildman–Crippen LogP) is 2.38. The van der Waals surface area contributed by atoms with Gasteiger partial charge in [0, 0.05) is 17.7 Å². The second-order valence-corrected chi connectivity index (χ2v) is 6.05. The van der Waals surface area contributed by atoms with Gasteiger partial charge in [0.05, 0.1) is 12.1 Å². The molecule has 2 atom stereocenters. The van der Waals surface area contributed by atoms with E-state index in [9.17, 15) is 9.18 Å². The fourth-order valence-corrected chi connectivity index (χ4v) is 2.82. The first-order valence-corrected chi connectivity index (χ1v) is 7.51. The van der Waals surface area contributed by atoms with Crippen molar-refractivity contribution in [1.29, 1.82) is 0 Å². The molecule has 1 amide bonds. The second-order valence-electron chi connectivity index (χ2n) is 6.05. The van der Waals surface area contributed by atoms with Crippen molar-refractivity contribution in [2.24, 2.45) is 0 Å². The van der Waals surface area contributed by atoms with Crippen LogP contribution in [0.2, 0.25) is 0 Å². The third-order valence-electron chi connectivity index (χ3n) is 4.11. The van der Waals surface area contributed by atoms with Crippen molar-refractivity contribution in [2.75, 3.05) is 12.3 Å². The standard InChI is InChI=1S/C18H19FN2O2/c1-18(14-10-13(20)7-8-15(14)19)11-23-16(17(22)21-18)9-12-5-3-2-4-6-12/h2-8,10,16H,9,11,20H2,1H3,(H,21,22)/t16-,18+/m1/s1. The normalized spacial score (nSPS) is 24.3. The average Bonchev–Trinajstić information content (AvgIpc) is 2.53. The van der Waals surface area contributed by atoms with Crippen LogP contribution in [-0.2, 0) is 21.5 Å². The Bertz CT molecular complexity index is 720. The molecule has 1 aliphatic heterocycles. The summed E-state index contributed by atoms with van der Waals surface area (Å²) in [6.07, 6.45) is -0.0862. The smallest absolute Gasteiger partial charge is 0.250 e. The van der Waals surface area contributed by atoms with E-state index in [2.05, 4.69) is 5.32 Å². The number of halogens is 1. The number of anilines is 1. The molecule has 5 heteroatoms. The number of nitrogen functional groups attached to an aromatic ring is 1. The van der Waals surface area contributed by atoms with Crippen molar-refractivity contribution in [2.45, 2.75) is 25.0 Å². The topological polar surface area (TPSA) is 64.3 Å². The van der Waals surface area contributed by atoms with Crippen molar-refractivity contribution < 1.29 is 13.9 Å². The van der Waals surface area contributed by atoms with Gasteiger partial charge in [-0.2, -0.15) is 0 Å². The Kier molecular flexibility index (Phi) is 4.05. The molecule has 4 nitrogen and oxygen atoms in total. The van der Waals surface area contributed by atoms with Gasteiger partial charge in [0.1, 0.15) is 11.9 Å². The molecule has 2 aromatic carbocycles. The van der Waals surface area contributed by atoms with Crippen LogP contribution in [0, 0.1) is 5.82 Å². The molecule has 1 fully saturated rings. The zero-order chi connectivity index (χ0) is 16.4. The molecular weight excluding hydrogens is 295 g/mol. The molecule has 0 aromatic heterocycles. The van der Waals surface area contributed by atoms with Crippen LogP contribution >= 0.6 is 0 Å². The number of ether oxygens (including phenoxy) is 1. The van der Waals surface area contributed by atoms with E-state index in [1.807, 2.05) is 30.3 Å². The lowest BCUT2D eigenvalue weighted by Gasteiger charge is -2.38. The fourth-order valence-electron chi connectivity index (χ4n) is 2.82. The molecular formula is C18H19FN2O2. The minimum Gasteiger partial charge on any atom is -0.399 e. The zero-order valence-electron chi connectivity index (χ0n) is 12.9. The van der Waals surface area contributed by atoms with Crippen LogP contribution < -0.4 is 11.1 Å². The van der Waals surface area contributed by atoms with Crippen LogP contribution in [0.25, 0.3) is 0 Å². The summed E-state index contributed by atoms with van der Waals surface area (Å²) >= 11 is 0. The molecule has 3 rings (SSSR count). The van der Waals surface area contributed by atoms with Gasteiger partial charge in [-0.05, 0) is 30.7 Å². The van der Waals surface area contributed by atoms with E-state index >= 15 is 0 Å². The molecule has 23 heavy (non-hydrogen) atoms. The van der Waals surface area contributed by atoms with E-state index in [0.29, 0.717) is 17.7 Å². The Hall–Kier alpha value is -2.40. The van der Waals surface area contributed by atoms with E-state index in [1.165, 1.54) is 18.2 Å². The molecule has 0 spiro atoms. The minimum absolute atomic E-state index is 0.191. The number of carbonyl (C=O) groups is 1. The van der Waals surface area contributed by atoms with Crippen LogP contribution in [0.5, 0.6) is 0 Å². The van der Waals surface area contributed by atoms with Gasteiger partial charge < -0.3 is 15.8 Å². The number of morpholine rings is 1. The largest absolute Gasteiger partial charge is 0.399 e. The molecule has 0 aliphatic carbocycles. The maximum Gasteiger partial charge on any atom is 0.250 e. The Labute approximate surface area is 134 Å². The number of carbonyl (C=O) groups excluding carboxylic acids is 1. The molecule has 2 aromatic rings. The number of nitrogens with two attached hydrogens (primary N) is 1. The van der Waals surface area contributed by atoms with Crippen LogP contribution in [0.1, 0.15) is 18.1 Å². The number of amides is 1. The van der Waals surface area contributed by atoms with Gasteiger partial charge in [-0.1, -0.05) is 30.3 Å². The highest BCUT2D eigenvalue weighted by molar-refractivity contribution is 5.83. The molecule has 0 unspecified atom stereocenters. The quantitative estimate of drug-likeness (QED) is 0.855. The molecule has 0 radical (unpaired) electrons.